The number of carbonyl (C=O) groups excluding carboxylic acids is 1. The Bertz CT molecular complexity index is 681. The van der Waals surface area contributed by atoms with Gasteiger partial charge in [-0.1, -0.05) is 42.6 Å². The minimum absolute atomic E-state index is 0. The minimum atomic E-state index is -0.0136. The molecule has 1 aliphatic carbocycles. The molecule has 0 aliphatic heterocycles. The molecule has 2 aromatic rings. The van der Waals surface area contributed by atoms with Crippen LogP contribution in [0, 0.1) is 0 Å². The van der Waals surface area contributed by atoms with Crippen molar-refractivity contribution in [1.29, 1.82) is 0 Å². The highest BCUT2D eigenvalue weighted by Crippen LogP contribution is 2.28. The van der Waals surface area contributed by atoms with Gasteiger partial charge in [0.25, 0.3) is 5.91 Å². The average Bonchev–Trinajstić information content (AvgIpc) is 3.25. The first-order valence-corrected chi connectivity index (χ1v) is 8.38. The number of halogens is 2. The molecule has 6 heteroatoms. The normalized spacial score (nSPS) is 14.4. The maximum absolute atomic E-state index is 13.0. The summed E-state index contributed by atoms with van der Waals surface area (Å²) in [5.41, 5.74) is 7.10. The zero-order valence-corrected chi connectivity index (χ0v) is 15.0. The quantitative estimate of drug-likeness (QED) is 0.850. The molecule has 130 valence electrons. The van der Waals surface area contributed by atoms with Crippen molar-refractivity contribution >= 4 is 29.9 Å². The van der Waals surface area contributed by atoms with Crippen LogP contribution in [-0.2, 0) is 13.1 Å². The van der Waals surface area contributed by atoms with Gasteiger partial charge in [0.1, 0.15) is 12.0 Å². The predicted molar refractivity (Wildman–Crippen MR) is 97.4 cm³/mol. The van der Waals surface area contributed by atoms with Gasteiger partial charge in [-0.2, -0.15) is 0 Å². The second-order valence-corrected chi connectivity index (χ2v) is 6.38. The summed E-state index contributed by atoms with van der Waals surface area (Å²) in [6.07, 6.45) is 5.90. The number of nitrogens with zero attached hydrogens (tertiary/aromatic N) is 1. The summed E-state index contributed by atoms with van der Waals surface area (Å²) in [5, 5.41) is 0.693. The van der Waals surface area contributed by atoms with E-state index in [4.69, 9.17) is 21.8 Å². The Morgan fingerprint density at radius 3 is 2.62 bits per heavy atom. The third kappa shape index (κ3) is 4.12. The lowest BCUT2D eigenvalue weighted by molar-refractivity contribution is 0.0664. The second-order valence-electron chi connectivity index (χ2n) is 5.97. The van der Waals surface area contributed by atoms with E-state index in [1.54, 1.807) is 6.07 Å². The first kappa shape index (κ1) is 18.8. The van der Waals surface area contributed by atoms with E-state index in [9.17, 15) is 4.79 Å². The summed E-state index contributed by atoms with van der Waals surface area (Å²) >= 11 is 6.28. The van der Waals surface area contributed by atoms with Crippen LogP contribution in [0.4, 0.5) is 0 Å². The maximum atomic E-state index is 13.0. The van der Waals surface area contributed by atoms with Crippen molar-refractivity contribution in [2.45, 2.75) is 44.8 Å². The van der Waals surface area contributed by atoms with Crippen molar-refractivity contribution in [2.24, 2.45) is 5.73 Å². The van der Waals surface area contributed by atoms with Crippen LogP contribution < -0.4 is 5.73 Å². The molecule has 1 aromatic heterocycles. The largest absolute Gasteiger partial charge is 0.467 e. The SMILES string of the molecule is Cl.NCc1cc(C(=O)N(Cc2ccccc2Cl)C2CCCC2)co1. The molecule has 1 aliphatic rings. The van der Waals surface area contributed by atoms with E-state index in [1.807, 2.05) is 29.2 Å². The van der Waals surface area contributed by atoms with Crippen molar-refractivity contribution in [2.75, 3.05) is 0 Å². The third-order valence-corrected chi connectivity index (χ3v) is 4.80. The molecule has 1 fully saturated rings. The Hall–Kier alpha value is -1.49. The number of rotatable bonds is 5. The van der Waals surface area contributed by atoms with E-state index in [0.29, 0.717) is 29.4 Å². The molecule has 24 heavy (non-hydrogen) atoms. The molecule has 0 unspecified atom stereocenters. The number of hydrogen-bond donors (Lipinski definition) is 1. The Morgan fingerprint density at radius 1 is 1.29 bits per heavy atom. The van der Waals surface area contributed by atoms with Gasteiger partial charge in [-0.15, -0.1) is 12.4 Å². The number of carbonyl (C=O) groups is 1. The van der Waals surface area contributed by atoms with Crippen LogP contribution in [0.1, 0.15) is 47.4 Å². The van der Waals surface area contributed by atoms with Gasteiger partial charge in [0.05, 0.1) is 12.1 Å². The number of furan rings is 1. The molecule has 0 saturated heterocycles. The van der Waals surface area contributed by atoms with Gasteiger partial charge in [-0.3, -0.25) is 4.79 Å². The highest BCUT2D eigenvalue weighted by Gasteiger charge is 2.28. The zero-order chi connectivity index (χ0) is 16.2. The maximum Gasteiger partial charge on any atom is 0.257 e. The minimum Gasteiger partial charge on any atom is -0.467 e. The summed E-state index contributed by atoms with van der Waals surface area (Å²) in [5.74, 6) is 0.609. The molecule has 4 nitrogen and oxygen atoms in total. The smallest absolute Gasteiger partial charge is 0.257 e. The Labute approximate surface area is 153 Å². The topological polar surface area (TPSA) is 59.5 Å². The lowest BCUT2D eigenvalue weighted by atomic mass is 10.1. The van der Waals surface area contributed by atoms with E-state index in [0.717, 1.165) is 31.2 Å². The zero-order valence-electron chi connectivity index (χ0n) is 13.4. The van der Waals surface area contributed by atoms with Gasteiger partial charge in [0.2, 0.25) is 0 Å². The van der Waals surface area contributed by atoms with Gasteiger partial charge in [-0.05, 0) is 30.5 Å². The number of hydrogen-bond acceptors (Lipinski definition) is 3. The van der Waals surface area contributed by atoms with Gasteiger partial charge in [0, 0.05) is 17.6 Å². The Kier molecular flexibility index (Phi) is 6.72. The first-order valence-electron chi connectivity index (χ1n) is 8.01. The molecule has 3 rings (SSSR count). The summed E-state index contributed by atoms with van der Waals surface area (Å²) in [6.45, 7) is 0.813. The van der Waals surface area contributed by atoms with E-state index >= 15 is 0 Å². The lowest BCUT2D eigenvalue weighted by Gasteiger charge is -2.29. The standard InChI is InChI=1S/C18H21ClN2O2.ClH/c19-17-8-4-1-5-13(17)11-21(15-6-2-3-7-15)18(22)14-9-16(10-20)23-12-14;/h1,4-5,8-9,12,15H,2-3,6-7,10-11,20H2;1H. The van der Waals surface area contributed by atoms with Crippen molar-refractivity contribution in [1.82, 2.24) is 4.90 Å². The Balaban J connectivity index is 0.00000208. The summed E-state index contributed by atoms with van der Waals surface area (Å²) in [4.78, 5) is 14.9. The molecule has 1 aromatic carbocycles. The van der Waals surface area contributed by atoms with E-state index in [1.165, 1.54) is 6.26 Å². The molecule has 1 heterocycles. The fourth-order valence-electron chi connectivity index (χ4n) is 3.16. The molecule has 1 amide bonds. The molecule has 0 radical (unpaired) electrons. The van der Waals surface area contributed by atoms with E-state index in [-0.39, 0.29) is 24.4 Å². The van der Waals surface area contributed by atoms with Crippen LogP contribution in [0.15, 0.2) is 41.0 Å². The highest BCUT2D eigenvalue weighted by atomic mass is 35.5. The fourth-order valence-corrected chi connectivity index (χ4v) is 3.35. The van der Waals surface area contributed by atoms with Crippen molar-refractivity contribution in [3.63, 3.8) is 0 Å². The lowest BCUT2D eigenvalue weighted by Crippen LogP contribution is -2.38. The van der Waals surface area contributed by atoms with E-state index < -0.39 is 0 Å². The fraction of sp³-hybridized carbons (Fsp3) is 0.389. The van der Waals surface area contributed by atoms with Gasteiger partial charge < -0.3 is 15.1 Å². The van der Waals surface area contributed by atoms with Gasteiger partial charge in [0.15, 0.2) is 0 Å². The molecular weight excluding hydrogens is 347 g/mol. The van der Waals surface area contributed by atoms with Crippen molar-refractivity contribution in [3.8, 4) is 0 Å². The van der Waals surface area contributed by atoms with Crippen LogP contribution in [0.25, 0.3) is 0 Å². The van der Waals surface area contributed by atoms with Gasteiger partial charge >= 0.3 is 0 Å². The third-order valence-electron chi connectivity index (χ3n) is 4.43. The summed E-state index contributed by atoms with van der Waals surface area (Å²) in [6, 6.07) is 9.67. The molecular formula is C18H22Cl2N2O2. The first-order chi connectivity index (χ1) is 11.2. The Morgan fingerprint density at radius 2 is 2.00 bits per heavy atom. The number of benzene rings is 1. The van der Waals surface area contributed by atoms with Crippen LogP contribution >= 0.6 is 24.0 Å². The highest BCUT2D eigenvalue weighted by molar-refractivity contribution is 6.31. The number of amides is 1. The van der Waals surface area contributed by atoms with Crippen LogP contribution in [0.2, 0.25) is 5.02 Å². The predicted octanol–water partition coefficient (Wildman–Crippen LogP) is 4.40. The molecule has 2 N–H and O–H groups in total. The summed E-state index contributed by atoms with van der Waals surface area (Å²) < 4.78 is 5.32. The average molecular weight is 369 g/mol. The van der Waals surface area contributed by atoms with E-state index in [2.05, 4.69) is 0 Å². The van der Waals surface area contributed by atoms with Gasteiger partial charge in [-0.25, -0.2) is 0 Å². The second kappa shape index (κ2) is 8.56. The van der Waals surface area contributed by atoms with Crippen LogP contribution in [0.3, 0.4) is 0 Å². The van der Waals surface area contributed by atoms with Crippen molar-refractivity contribution in [3.05, 3.63) is 58.5 Å². The molecule has 0 spiro atoms. The van der Waals surface area contributed by atoms with Crippen LogP contribution in [-0.4, -0.2) is 16.8 Å². The molecule has 1 saturated carbocycles. The van der Waals surface area contributed by atoms with Crippen molar-refractivity contribution < 1.29 is 9.21 Å². The monoisotopic (exact) mass is 368 g/mol. The summed E-state index contributed by atoms with van der Waals surface area (Å²) in [7, 11) is 0. The van der Waals surface area contributed by atoms with Crippen LogP contribution in [0.5, 0.6) is 0 Å². The molecule has 0 bridgehead atoms. The molecule has 0 atom stereocenters. The number of nitrogens with two attached hydrogens (primary N) is 1.